The van der Waals surface area contributed by atoms with Gasteiger partial charge >= 0.3 is 0 Å². The molecule has 0 bridgehead atoms. The van der Waals surface area contributed by atoms with Crippen LogP contribution in [0.15, 0.2) is 22.1 Å². The second kappa shape index (κ2) is 9.60. The first-order valence-electron chi connectivity index (χ1n) is 7.12. The summed E-state index contributed by atoms with van der Waals surface area (Å²) in [6.45, 7) is 3.83. The fraction of sp³-hybridized carbons (Fsp3) is 0.429. The van der Waals surface area contributed by atoms with Crippen LogP contribution in [0.25, 0.3) is 0 Å². The van der Waals surface area contributed by atoms with Crippen LogP contribution in [0.5, 0.6) is 5.75 Å². The number of halogens is 3. The van der Waals surface area contributed by atoms with Gasteiger partial charge in [-0.3, -0.25) is 4.84 Å². The van der Waals surface area contributed by atoms with Crippen LogP contribution >= 0.6 is 0 Å². The SMILES string of the molecule is CC(C)N=C(N)/N=C(\N)NOCCCOc1cc(F)c(F)cc1F. The summed E-state index contributed by atoms with van der Waals surface area (Å²) in [4.78, 5) is 12.7. The van der Waals surface area contributed by atoms with E-state index in [-0.39, 0.29) is 36.9 Å². The molecule has 1 aromatic rings. The van der Waals surface area contributed by atoms with E-state index in [1.807, 2.05) is 13.8 Å². The zero-order chi connectivity index (χ0) is 18.1. The monoisotopic (exact) mass is 347 g/mol. The number of nitrogens with two attached hydrogens (primary N) is 2. The number of hydrogen-bond donors (Lipinski definition) is 3. The minimum absolute atomic E-state index is 0.00995. The first-order valence-corrected chi connectivity index (χ1v) is 7.12. The number of rotatable bonds is 7. The summed E-state index contributed by atoms with van der Waals surface area (Å²) in [5.41, 5.74) is 13.3. The smallest absolute Gasteiger partial charge is 0.221 e. The molecular formula is C14H20F3N5O2. The predicted octanol–water partition coefficient (Wildman–Crippen LogP) is 1.43. The Kier molecular flexibility index (Phi) is 7.83. The lowest BCUT2D eigenvalue weighted by molar-refractivity contribution is 0.0735. The molecule has 0 spiro atoms. The van der Waals surface area contributed by atoms with Crippen molar-refractivity contribution in [1.29, 1.82) is 0 Å². The fourth-order valence-electron chi connectivity index (χ4n) is 1.49. The third-order valence-corrected chi connectivity index (χ3v) is 2.43. The summed E-state index contributed by atoms with van der Waals surface area (Å²) in [7, 11) is 0. The van der Waals surface area contributed by atoms with E-state index in [0.717, 1.165) is 0 Å². The van der Waals surface area contributed by atoms with Crippen LogP contribution in [-0.4, -0.2) is 31.2 Å². The predicted molar refractivity (Wildman–Crippen MR) is 83.9 cm³/mol. The lowest BCUT2D eigenvalue weighted by atomic mass is 10.3. The Morgan fingerprint density at radius 2 is 1.79 bits per heavy atom. The molecule has 0 aliphatic carbocycles. The number of hydroxylamine groups is 1. The Morgan fingerprint density at radius 3 is 2.46 bits per heavy atom. The summed E-state index contributed by atoms with van der Waals surface area (Å²) in [5, 5.41) is 0. The topological polar surface area (TPSA) is 107 Å². The normalized spacial score (nSPS) is 12.6. The highest BCUT2D eigenvalue weighted by molar-refractivity contribution is 5.92. The zero-order valence-corrected chi connectivity index (χ0v) is 13.4. The summed E-state index contributed by atoms with van der Waals surface area (Å²) < 4.78 is 44.0. The van der Waals surface area contributed by atoms with Gasteiger partial charge in [-0.05, 0) is 13.8 Å². The van der Waals surface area contributed by atoms with Crippen molar-refractivity contribution in [2.24, 2.45) is 21.5 Å². The van der Waals surface area contributed by atoms with Crippen molar-refractivity contribution in [2.45, 2.75) is 26.3 Å². The van der Waals surface area contributed by atoms with Gasteiger partial charge in [0.05, 0.1) is 13.2 Å². The van der Waals surface area contributed by atoms with Gasteiger partial charge in [-0.25, -0.2) is 23.6 Å². The van der Waals surface area contributed by atoms with E-state index in [1.54, 1.807) is 0 Å². The summed E-state index contributed by atoms with van der Waals surface area (Å²) in [5.74, 6) is -3.89. The quantitative estimate of drug-likeness (QED) is 0.227. The highest BCUT2D eigenvalue weighted by atomic mass is 19.2. The standard InChI is InChI=1S/C14H20F3N5O2/c1-8(2)20-13(18)21-14(19)22-24-5-3-4-23-12-7-10(16)9(15)6-11(12)17/h6-8H,3-5H2,1-2H3,(H5,18,19,20,21,22). The van der Waals surface area contributed by atoms with Crippen molar-refractivity contribution >= 4 is 11.9 Å². The van der Waals surface area contributed by atoms with E-state index in [9.17, 15) is 13.2 Å². The Bertz CT molecular complexity index is 608. The molecule has 0 fully saturated rings. The van der Waals surface area contributed by atoms with Crippen molar-refractivity contribution in [3.8, 4) is 5.75 Å². The number of nitrogens with zero attached hydrogens (tertiary/aromatic N) is 2. The highest BCUT2D eigenvalue weighted by Gasteiger charge is 2.10. The largest absolute Gasteiger partial charge is 0.490 e. The fourth-order valence-corrected chi connectivity index (χ4v) is 1.49. The number of aliphatic imine (C=N–C) groups is 2. The number of benzene rings is 1. The third kappa shape index (κ3) is 7.18. The van der Waals surface area contributed by atoms with Crippen LogP contribution in [0, 0.1) is 17.5 Å². The third-order valence-electron chi connectivity index (χ3n) is 2.43. The van der Waals surface area contributed by atoms with Crippen molar-refractivity contribution in [3.05, 3.63) is 29.6 Å². The molecule has 0 radical (unpaired) electrons. The van der Waals surface area contributed by atoms with Crippen LogP contribution in [-0.2, 0) is 4.84 Å². The molecule has 10 heteroatoms. The van der Waals surface area contributed by atoms with Gasteiger partial charge in [0.1, 0.15) is 0 Å². The lowest BCUT2D eigenvalue weighted by Gasteiger charge is -2.09. The average molecular weight is 347 g/mol. The maximum atomic E-state index is 13.3. The van der Waals surface area contributed by atoms with Crippen molar-refractivity contribution in [3.63, 3.8) is 0 Å². The van der Waals surface area contributed by atoms with Crippen LogP contribution in [0.4, 0.5) is 13.2 Å². The Labute approximate surface area is 137 Å². The minimum Gasteiger partial charge on any atom is -0.490 e. The van der Waals surface area contributed by atoms with E-state index in [1.165, 1.54) is 0 Å². The molecule has 0 saturated carbocycles. The summed E-state index contributed by atoms with van der Waals surface area (Å²) in [6, 6.07) is 1.05. The number of nitrogens with one attached hydrogen (secondary N) is 1. The molecule has 5 N–H and O–H groups in total. The molecule has 134 valence electrons. The van der Waals surface area contributed by atoms with Gasteiger partial charge in [-0.15, -0.1) is 0 Å². The van der Waals surface area contributed by atoms with Crippen molar-refractivity contribution < 1.29 is 22.7 Å². The molecule has 0 atom stereocenters. The van der Waals surface area contributed by atoms with E-state index in [4.69, 9.17) is 21.0 Å². The van der Waals surface area contributed by atoms with Crippen molar-refractivity contribution in [1.82, 2.24) is 5.48 Å². The molecule has 0 aliphatic heterocycles. The van der Waals surface area contributed by atoms with Crippen LogP contribution in [0.3, 0.4) is 0 Å². The molecule has 0 amide bonds. The first kappa shape index (κ1) is 19.6. The second-order valence-corrected chi connectivity index (χ2v) is 4.93. The Balaban J connectivity index is 2.28. The lowest BCUT2D eigenvalue weighted by Crippen LogP contribution is -2.34. The molecular weight excluding hydrogens is 327 g/mol. The van der Waals surface area contributed by atoms with Gasteiger partial charge in [0.15, 0.2) is 23.2 Å². The van der Waals surface area contributed by atoms with Gasteiger partial charge in [-0.2, -0.15) is 4.99 Å². The number of guanidine groups is 2. The van der Waals surface area contributed by atoms with E-state index >= 15 is 0 Å². The summed E-state index contributed by atoms with van der Waals surface area (Å²) in [6.07, 6.45) is 0.328. The first-order chi connectivity index (χ1) is 11.3. The van der Waals surface area contributed by atoms with E-state index in [0.29, 0.717) is 18.6 Å². The van der Waals surface area contributed by atoms with Gasteiger partial charge in [-0.1, -0.05) is 0 Å². The van der Waals surface area contributed by atoms with E-state index < -0.39 is 17.5 Å². The van der Waals surface area contributed by atoms with E-state index in [2.05, 4.69) is 15.5 Å². The molecule has 0 aliphatic rings. The zero-order valence-electron chi connectivity index (χ0n) is 13.4. The molecule has 7 nitrogen and oxygen atoms in total. The highest BCUT2D eigenvalue weighted by Crippen LogP contribution is 2.20. The number of ether oxygens (including phenoxy) is 1. The summed E-state index contributed by atoms with van der Waals surface area (Å²) >= 11 is 0. The minimum atomic E-state index is -1.28. The molecule has 0 saturated heterocycles. The molecule has 0 unspecified atom stereocenters. The maximum Gasteiger partial charge on any atom is 0.221 e. The van der Waals surface area contributed by atoms with Crippen LogP contribution < -0.4 is 21.7 Å². The van der Waals surface area contributed by atoms with Crippen LogP contribution in [0.1, 0.15) is 20.3 Å². The Morgan fingerprint density at radius 1 is 1.12 bits per heavy atom. The molecule has 0 heterocycles. The maximum absolute atomic E-state index is 13.3. The van der Waals surface area contributed by atoms with Gasteiger partial charge in [0.2, 0.25) is 11.9 Å². The Hall–Kier alpha value is -2.49. The average Bonchev–Trinajstić information content (AvgIpc) is 2.46. The van der Waals surface area contributed by atoms with Gasteiger partial charge < -0.3 is 16.2 Å². The van der Waals surface area contributed by atoms with Crippen LogP contribution in [0.2, 0.25) is 0 Å². The molecule has 24 heavy (non-hydrogen) atoms. The molecule has 1 aromatic carbocycles. The van der Waals surface area contributed by atoms with Gasteiger partial charge in [0, 0.05) is 24.6 Å². The van der Waals surface area contributed by atoms with Crippen molar-refractivity contribution in [2.75, 3.05) is 13.2 Å². The second-order valence-electron chi connectivity index (χ2n) is 4.93. The molecule has 1 rings (SSSR count). The van der Waals surface area contributed by atoms with Gasteiger partial charge in [0.25, 0.3) is 0 Å². The number of hydrogen-bond acceptors (Lipinski definition) is 3. The molecule has 0 aromatic heterocycles.